The number of anilines is 2. The first-order chi connectivity index (χ1) is 9.50. The Balaban J connectivity index is 1.91. The molecule has 20 heavy (non-hydrogen) atoms. The minimum absolute atomic E-state index is 0.0640. The van der Waals surface area contributed by atoms with Crippen molar-refractivity contribution in [3.8, 4) is 0 Å². The van der Waals surface area contributed by atoms with Crippen molar-refractivity contribution < 1.29 is 8.42 Å². The van der Waals surface area contributed by atoms with E-state index in [-0.39, 0.29) is 22.0 Å². The predicted octanol–water partition coefficient (Wildman–Crippen LogP) is 0.953. The number of sulfone groups is 1. The molecule has 0 radical (unpaired) electrons. The highest BCUT2D eigenvalue weighted by Crippen LogP contribution is 2.41. The molecule has 1 fully saturated rings. The van der Waals surface area contributed by atoms with Gasteiger partial charge in [-0.2, -0.15) is 9.47 Å². The maximum atomic E-state index is 12.4. The first kappa shape index (κ1) is 13.3. The summed E-state index contributed by atoms with van der Waals surface area (Å²) in [4.78, 5) is 4.15. The molecule has 0 aromatic carbocycles. The molecule has 4 N–H and O–H groups in total. The van der Waals surface area contributed by atoms with Crippen LogP contribution in [0, 0.1) is 0 Å². The second-order valence-corrected chi connectivity index (χ2v) is 7.65. The van der Waals surface area contributed by atoms with Crippen LogP contribution < -0.4 is 11.1 Å². The van der Waals surface area contributed by atoms with Crippen LogP contribution in [0.2, 0.25) is 0 Å². The second kappa shape index (κ2) is 4.70. The van der Waals surface area contributed by atoms with Crippen molar-refractivity contribution >= 4 is 32.2 Å². The van der Waals surface area contributed by atoms with E-state index in [4.69, 9.17) is 5.73 Å². The van der Waals surface area contributed by atoms with Crippen LogP contribution in [0.4, 0.5) is 10.8 Å². The minimum atomic E-state index is -3.38. The zero-order valence-corrected chi connectivity index (χ0v) is 12.3. The highest BCUT2D eigenvalue weighted by Gasteiger charge is 2.41. The van der Waals surface area contributed by atoms with Crippen LogP contribution in [0.1, 0.15) is 31.6 Å². The van der Waals surface area contributed by atoms with Crippen LogP contribution in [0.5, 0.6) is 0 Å². The van der Waals surface area contributed by atoms with E-state index in [1.165, 1.54) is 6.33 Å². The summed E-state index contributed by atoms with van der Waals surface area (Å²) < 4.78 is 28.7. The summed E-state index contributed by atoms with van der Waals surface area (Å²) in [7, 11) is -3.38. The average Bonchev–Trinajstić information content (AvgIpc) is 2.99. The van der Waals surface area contributed by atoms with Crippen LogP contribution >= 0.6 is 11.5 Å². The topological polar surface area (TPSA) is 127 Å². The van der Waals surface area contributed by atoms with Gasteiger partial charge in [0.1, 0.15) is 22.0 Å². The number of hydrogen-bond donors (Lipinski definition) is 3. The zero-order chi connectivity index (χ0) is 14.3. The Hall–Kier alpha value is -1.68. The molecular formula is C10H14N6O2S2. The Labute approximate surface area is 119 Å². The summed E-state index contributed by atoms with van der Waals surface area (Å²) in [6, 6.07) is -0.217. The summed E-state index contributed by atoms with van der Waals surface area (Å²) in [5, 5.41) is 9.73. The monoisotopic (exact) mass is 314 g/mol. The van der Waals surface area contributed by atoms with Crippen molar-refractivity contribution in [3.63, 3.8) is 0 Å². The lowest BCUT2D eigenvalue weighted by atomic mass is 10.3. The van der Waals surface area contributed by atoms with E-state index >= 15 is 0 Å². The minimum Gasteiger partial charge on any atom is -0.382 e. The number of aromatic nitrogens is 4. The second-order valence-electron chi connectivity index (χ2n) is 4.71. The van der Waals surface area contributed by atoms with E-state index in [0.29, 0.717) is 23.7 Å². The molecule has 108 valence electrons. The Morgan fingerprint density at radius 3 is 2.90 bits per heavy atom. The van der Waals surface area contributed by atoms with Crippen LogP contribution in [0.15, 0.2) is 11.2 Å². The fourth-order valence-corrected chi connectivity index (χ4v) is 4.85. The molecule has 1 aliphatic carbocycles. The Morgan fingerprint density at radius 2 is 2.30 bits per heavy atom. The summed E-state index contributed by atoms with van der Waals surface area (Å²) in [5.41, 5.74) is 5.73. The van der Waals surface area contributed by atoms with Gasteiger partial charge in [0.15, 0.2) is 15.7 Å². The largest absolute Gasteiger partial charge is 0.382 e. The predicted molar refractivity (Wildman–Crippen MR) is 75.2 cm³/mol. The van der Waals surface area contributed by atoms with Crippen LogP contribution in [-0.4, -0.2) is 33.2 Å². The highest BCUT2D eigenvalue weighted by atomic mass is 32.2. The lowest BCUT2D eigenvalue weighted by Gasteiger charge is -2.12. The normalized spacial score (nSPS) is 17.1. The fourth-order valence-electron chi connectivity index (χ4n) is 1.89. The fraction of sp³-hybridized carbons (Fsp3) is 0.500. The smallest absolute Gasteiger partial charge is 0.187 e. The first-order valence-corrected chi connectivity index (χ1v) is 8.43. The highest BCUT2D eigenvalue weighted by molar-refractivity contribution is 7.92. The molecule has 0 saturated heterocycles. The molecule has 0 amide bonds. The van der Waals surface area contributed by atoms with Gasteiger partial charge in [-0.1, -0.05) is 0 Å². The van der Waals surface area contributed by atoms with E-state index in [1.807, 2.05) is 6.92 Å². The zero-order valence-electron chi connectivity index (χ0n) is 10.7. The van der Waals surface area contributed by atoms with Gasteiger partial charge in [0, 0.05) is 0 Å². The van der Waals surface area contributed by atoms with Gasteiger partial charge in [-0.15, -0.1) is 0 Å². The van der Waals surface area contributed by atoms with E-state index in [0.717, 1.165) is 11.5 Å². The maximum Gasteiger partial charge on any atom is 0.187 e. The standard InChI is InChI=1S/C10H14N6O2S2/c1-5(9-12-4-13-15-9)14-10-7(8(11)16-19-10)20(17,18)6-2-3-6/h4-6,14H,2-3H2,1H3,(H2,11,16)(H,12,13,15). The van der Waals surface area contributed by atoms with Crippen molar-refractivity contribution in [2.45, 2.75) is 36.0 Å². The third-order valence-corrected chi connectivity index (χ3v) is 6.37. The Kier molecular flexibility index (Phi) is 3.13. The van der Waals surface area contributed by atoms with Crippen molar-refractivity contribution in [2.24, 2.45) is 0 Å². The molecule has 2 aromatic rings. The Morgan fingerprint density at radius 1 is 1.55 bits per heavy atom. The molecule has 0 aliphatic heterocycles. The molecular weight excluding hydrogens is 300 g/mol. The van der Waals surface area contributed by atoms with Crippen molar-refractivity contribution in [1.82, 2.24) is 19.6 Å². The number of hydrogen-bond acceptors (Lipinski definition) is 8. The summed E-state index contributed by atoms with van der Waals surface area (Å²) >= 11 is 1.05. The summed E-state index contributed by atoms with van der Waals surface area (Å²) in [6.45, 7) is 1.85. The van der Waals surface area contributed by atoms with Crippen LogP contribution in [0.25, 0.3) is 0 Å². The average molecular weight is 314 g/mol. The van der Waals surface area contributed by atoms with E-state index in [2.05, 4.69) is 24.9 Å². The molecule has 2 heterocycles. The third-order valence-electron chi connectivity index (χ3n) is 3.11. The van der Waals surface area contributed by atoms with Gasteiger partial charge in [-0.25, -0.2) is 13.4 Å². The van der Waals surface area contributed by atoms with E-state index in [1.54, 1.807) is 0 Å². The van der Waals surface area contributed by atoms with Crippen molar-refractivity contribution in [2.75, 3.05) is 11.1 Å². The molecule has 1 saturated carbocycles. The van der Waals surface area contributed by atoms with Gasteiger partial charge < -0.3 is 11.1 Å². The molecule has 10 heteroatoms. The van der Waals surface area contributed by atoms with Gasteiger partial charge in [0.25, 0.3) is 0 Å². The quantitative estimate of drug-likeness (QED) is 0.750. The number of nitrogens with two attached hydrogens (primary N) is 1. The molecule has 0 spiro atoms. The third kappa shape index (κ3) is 2.24. The van der Waals surface area contributed by atoms with Gasteiger partial charge >= 0.3 is 0 Å². The molecule has 1 aliphatic rings. The SMILES string of the molecule is CC(Nc1snc(N)c1S(=O)(=O)C1CC1)c1ncn[nH]1. The number of rotatable bonds is 5. The van der Waals surface area contributed by atoms with Crippen LogP contribution in [-0.2, 0) is 9.84 Å². The molecule has 1 unspecified atom stereocenters. The lowest BCUT2D eigenvalue weighted by Crippen LogP contribution is -2.14. The molecule has 1 atom stereocenters. The van der Waals surface area contributed by atoms with Gasteiger partial charge in [-0.05, 0) is 31.3 Å². The van der Waals surface area contributed by atoms with Crippen LogP contribution in [0.3, 0.4) is 0 Å². The molecule has 8 nitrogen and oxygen atoms in total. The number of nitrogen functional groups attached to an aromatic ring is 1. The summed E-state index contributed by atoms with van der Waals surface area (Å²) in [6.07, 6.45) is 2.78. The maximum absolute atomic E-state index is 12.4. The van der Waals surface area contributed by atoms with E-state index in [9.17, 15) is 8.42 Å². The van der Waals surface area contributed by atoms with Crippen molar-refractivity contribution in [3.05, 3.63) is 12.2 Å². The van der Waals surface area contributed by atoms with Gasteiger partial charge in [-0.3, -0.25) is 5.10 Å². The number of aromatic amines is 1. The molecule has 0 bridgehead atoms. The number of H-pyrrole nitrogens is 1. The number of nitrogens with one attached hydrogen (secondary N) is 2. The van der Waals surface area contributed by atoms with Gasteiger partial charge in [0.2, 0.25) is 0 Å². The van der Waals surface area contributed by atoms with Gasteiger partial charge in [0.05, 0.1) is 11.3 Å². The van der Waals surface area contributed by atoms with E-state index < -0.39 is 9.84 Å². The summed E-state index contributed by atoms with van der Waals surface area (Å²) in [5.74, 6) is 0.681. The molecule has 2 aromatic heterocycles. The number of nitrogens with zero attached hydrogens (tertiary/aromatic N) is 3. The Bertz CT molecular complexity index is 704. The lowest BCUT2D eigenvalue weighted by molar-refractivity contribution is 0.595. The van der Waals surface area contributed by atoms with Crippen molar-refractivity contribution in [1.29, 1.82) is 0 Å². The first-order valence-electron chi connectivity index (χ1n) is 6.11. The molecule has 3 rings (SSSR count).